The Labute approximate surface area is 100 Å². The van der Waals surface area contributed by atoms with E-state index in [1.165, 1.54) is 6.92 Å². The van der Waals surface area contributed by atoms with Crippen molar-refractivity contribution < 1.29 is 22.7 Å². The number of ketones is 1. The van der Waals surface area contributed by atoms with Gasteiger partial charge in [0.1, 0.15) is 5.78 Å². The van der Waals surface area contributed by atoms with Crippen LogP contribution in [0.25, 0.3) is 0 Å². The number of nitrogens with one attached hydrogen (secondary N) is 1. The summed E-state index contributed by atoms with van der Waals surface area (Å²) < 4.78 is 30.8. The smallest absolute Gasteiger partial charge is 0.421 e. The minimum Gasteiger partial charge on any atom is -0.452 e. The second kappa shape index (κ2) is 5.46. The predicted octanol–water partition coefficient (Wildman–Crippen LogP) is 0.0307. The van der Waals surface area contributed by atoms with E-state index in [9.17, 15) is 18.0 Å². The van der Waals surface area contributed by atoms with Crippen molar-refractivity contribution in [1.29, 1.82) is 0 Å². The van der Waals surface area contributed by atoms with Gasteiger partial charge in [0, 0.05) is 19.0 Å². The van der Waals surface area contributed by atoms with Crippen LogP contribution in [0.1, 0.15) is 26.2 Å². The number of carbonyl (C=O) groups is 2. The third-order valence-electron chi connectivity index (χ3n) is 2.55. The van der Waals surface area contributed by atoms with E-state index in [0.29, 0.717) is 19.4 Å². The summed E-state index contributed by atoms with van der Waals surface area (Å²) in [5, 5.41) is 0. The molecule has 1 aliphatic rings. The molecule has 17 heavy (non-hydrogen) atoms. The fraction of sp³-hybridized carbons (Fsp3) is 0.778. The van der Waals surface area contributed by atoms with Crippen LogP contribution in [0.2, 0.25) is 0 Å². The Bertz CT molecular complexity index is 406. The van der Waals surface area contributed by atoms with Crippen molar-refractivity contribution in [1.82, 2.24) is 9.03 Å². The Balaban J connectivity index is 2.76. The molecule has 1 aliphatic heterocycles. The quantitative estimate of drug-likeness (QED) is 0.773. The van der Waals surface area contributed by atoms with E-state index < -0.39 is 16.3 Å². The third kappa shape index (κ3) is 3.67. The molecule has 0 aromatic heterocycles. The number of methoxy groups -OCH3 is 1. The van der Waals surface area contributed by atoms with Crippen LogP contribution in [-0.4, -0.2) is 44.3 Å². The summed E-state index contributed by atoms with van der Waals surface area (Å²) in [5.41, 5.74) is 0. The molecule has 8 heteroatoms. The van der Waals surface area contributed by atoms with Crippen LogP contribution in [0.15, 0.2) is 0 Å². The summed E-state index contributed by atoms with van der Waals surface area (Å²) in [6.45, 7) is 1.72. The lowest BCUT2D eigenvalue weighted by Gasteiger charge is -2.22. The molecule has 1 saturated heterocycles. The topological polar surface area (TPSA) is 92.8 Å². The summed E-state index contributed by atoms with van der Waals surface area (Å²) in [4.78, 5) is 21.9. The maximum Gasteiger partial charge on any atom is 0.421 e. The first-order valence-electron chi connectivity index (χ1n) is 5.24. The molecule has 1 unspecified atom stereocenters. The molecular weight excluding hydrogens is 248 g/mol. The number of ether oxygens (including phenoxy) is 1. The molecule has 1 heterocycles. The summed E-state index contributed by atoms with van der Waals surface area (Å²) in [5.74, 6) is -0.0739. The number of Topliss-reactive ketones (excluding diaryl/α,β-unsaturated/α-hetero) is 1. The molecule has 0 spiro atoms. The highest BCUT2D eigenvalue weighted by molar-refractivity contribution is 7.87. The number of hydrogen-bond donors (Lipinski definition) is 1. The Hall–Kier alpha value is -1.15. The average Bonchev–Trinajstić information content (AvgIpc) is 2.64. The Morgan fingerprint density at radius 1 is 1.47 bits per heavy atom. The number of hydrogen-bond acceptors (Lipinski definition) is 5. The molecule has 1 atom stereocenters. The SMILES string of the molecule is COC(=O)NS(=O)(=O)N1CCCC1CC(C)=O. The molecule has 0 bridgehead atoms. The van der Waals surface area contributed by atoms with Gasteiger partial charge in [-0.25, -0.2) is 9.52 Å². The third-order valence-corrected chi connectivity index (χ3v) is 4.08. The maximum atomic E-state index is 11.8. The van der Waals surface area contributed by atoms with E-state index in [1.54, 1.807) is 4.72 Å². The van der Waals surface area contributed by atoms with E-state index in [1.807, 2.05) is 0 Å². The van der Waals surface area contributed by atoms with Gasteiger partial charge in [-0.15, -0.1) is 0 Å². The van der Waals surface area contributed by atoms with Crippen molar-refractivity contribution in [3.8, 4) is 0 Å². The van der Waals surface area contributed by atoms with Gasteiger partial charge in [0.05, 0.1) is 7.11 Å². The summed E-state index contributed by atoms with van der Waals surface area (Å²) in [7, 11) is -2.82. The van der Waals surface area contributed by atoms with Crippen molar-refractivity contribution in [2.75, 3.05) is 13.7 Å². The van der Waals surface area contributed by atoms with E-state index in [0.717, 1.165) is 11.4 Å². The summed E-state index contributed by atoms with van der Waals surface area (Å²) in [6.07, 6.45) is 0.447. The van der Waals surface area contributed by atoms with Crippen molar-refractivity contribution in [2.45, 2.75) is 32.2 Å². The van der Waals surface area contributed by atoms with Gasteiger partial charge in [0.2, 0.25) is 0 Å². The number of carbonyl (C=O) groups excluding carboxylic acids is 2. The largest absolute Gasteiger partial charge is 0.452 e. The van der Waals surface area contributed by atoms with Gasteiger partial charge in [-0.3, -0.25) is 4.79 Å². The Morgan fingerprint density at radius 3 is 2.65 bits per heavy atom. The molecule has 1 rings (SSSR count). The molecule has 0 aromatic rings. The van der Waals surface area contributed by atoms with Gasteiger partial charge >= 0.3 is 16.3 Å². The van der Waals surface area contributed by atoms with E-state index in [4.69, 9.17) is 0 Å². The molecule has 7 nitrogen and oxygen atoms in total. The van der Waals surface area contributed by atoms with Gasteiger partial charge in [-0.2, -0.15) is 12.7 Å². The molecule has 0 saturated carbocycles. The van der Waals surface area contributed by atoms with Crippen LogP contribution in [0, 0.1) is 0 Å². The first kappa shape index (κ1) is 13.9. The molecule has 98 valence electrons. The highest BCUT2D eigenvalue weighted by Gasteiger charge is 2.35. The van der Waals surface area contributed by atoms with Gasteiger partial charge in [0.15, 0.2) is 0 Å². The van der Waals surface area contributed by atoms with Crippen molar-refractivity contribution in [3.63, 3.8) is 0 Å². The standard InChI is InChI=1S/C9H16N2O5S/c1-7(12)6-8-4-3-5-11(8)17(14,15)10-9(13)16-2/h8H,3-6H2,1-2H3,(H,10,13). The van der Waals surface area contributed by atoms with Gasteiger partial charge in [-0.05, 0) is 19.8 Å². The Kier molecular flexibility index (Phi) is 4.47. The first-order chi connectivity index (χ1) is 7.86. The van der Waals surface area contributed by atoms with Crippen LogP contribution in [0.3, 0.4) is 0 Å². The lowest BCUT2D eigenvalue weighted by Crippen LogP contribution is -2.46. The van der Waals surface area contributed by atoms with Crippen molar-refractivity contribution in [3.05, 3.63) is 0 Å². The molecular formula is C9H16N2O5S. The van der Waals surface area contributed by atoms with Crippen LogP contribution in [0.4, 0.5) is 4.79 Å². The molecule has 1 N–H and O–H groups in total. The van der Waals surface area contributed by atoms with Gasteiger partial charge < -0.3 is 4.74 Å². The second-order valence-corrected chi connectivity index (χ2v) is 5.53. The molecule has 0 radical (unpaired) electrons. The number of amides is 1. The second-order valence-electron chi connectivity index (χ2n) is 3.91. The average molecular weight is 264 g/mol. The van der Waals surface area contributed by atoms with E-state index >= 15 is 0 Å². The van der Waals surface area contributed by atoms with Crippen LogP contribution >= 0.6 is 0 Å². The normalized spacial score (nSPS) is 21.2. The van der Waals surface area contributed by atoms with E-state index in [-0.39, 0.29) is 18.2 Å². The number of nitrogens with zero attached hydrogens (tertiary/aromatic N) is 1. The number of rotatable bonds is 4. The Morgan fingerprint density at radius 2 is 2.12 bits per heavy atom. The zero-order valence-corrected chi connectivity index (χ0v) is 10.6. The predicted molar refractivity (Wildman–Crippen MR) is 59.5 cm³/mol. The fourth-order valence-corrected chi connectivity index (χ4v) is 3.22. The van der Waals surface area contributed by atoms with E-state index in [2.05, 4.69) is 4.74 Å². The van der Waals surface area contributed by atoms with Gasteiger partial charge in [0.25, 0.3) is 0 Å². The van der Waals surface area contributed by atoms with Crippen LogP contribution < -0.4 is 4.72 Å². The zero-order valence-electron chi connectivity index (χ0n) is 9.80. The zero-order chi connectivity index (χ0) is 13.1. The van der Waals surface area contributed by atoms with Crippen LogP contribution in [0.5, 0.6) is 0 Å². The minimum atomic E-state index is -3.91. The van der Waals surface area contributed by atoms with Crippen molar-refractivity contribution in [2.24, 2.45) is 0 Å². The minimum absolute atomic E-state index is 0.0739. The molecule has 1 fully saturated rings. The van der Waals surface area contributed by atoms with Gasteiger partial charge in [-0.1, -0.05) is 0 Å². The molecule has 0 aromatic carbocycles. The highest BCUT2D eigenvalue weighted by Crippen LogP contribution is 2.22. The monoisotopic (exact) mass is 264 g/mol. The highest BCUT2D eigenvalue weighted by atomic mass is 32.2. The molecule has 0 aliphatic carbocycles. The van der Waals surface area contributed by atoms with Crippen molar-refractivity contribution >= 4 is 22.1 Å². The summed E-state index contributed by atoms with van der Waals surface area (Å²) in [6, 6.07) is -0.366. The lowest BCUT2D eigenvalue weighted by molar-refractivity contribution is -0.117. The fourth-order valence-electron chi connectivity index (χ4n) is 1.87. The lowest BCUT2D eigenvalue weighted by atomic mass is 10.1. The summed E-state index contributed by atoms with van der Waals surface area (Å²) >= 11 is 0. The maximum absolute atomic E-state index is 11.8. The first-order valence-corrected chi connectivity index (χ1v) is 6.68. The van der Waals surface area contributed by atoms with Crippen LogP contribution in [-0.2, 0) is 19.7 Å². The molecule has 1 amide bonds.